The van der Waals surface area contributed by atoms with Gasteiger partial charge in [0.25, 0.3) is 5.91 Å². The lowest BCUT2D eigenvalue weighted by atomic mass is 10.1. The highest BCUT2D eigenvalue weighted by Gasteiger charge is 2.21. The molecule has 0 atom stereocenters. The van der Waals surface area contributed by atoms with E-state index in [2.05, 4.69) is 15.9 Å². The number of nitrogens with zero attached hydrogens (tertiary/aromatic N) is 1. The molecule has 0 aliphatic heterocycles. The van der Waals surface area contributed by atoms with Gasteiger partial charge in [-0.05, 0) is 40.4 Å². The topological polar surface area (TPSA) is 63.4 Å². The molecule has 0 spiro atoms. The van der Waals surface area contributed by atoms with Gasteiger partial charge >= 0.3 is 0 Å². The molecule has 4 nitrogen and oxygen atoms in total. The summed E-state index contributed by atoms with van der Waals surface area (Å²) in [6.45, 7) is 6.35. The third kappa shape index (κ3) is 4.35. The van der Waals surface area contributed by atoms with Gasteiger partial charge < -0.3 is 10.6 Å². The molecular weight excluding hydrogens is 308 g/mol. The van der Waals surface area contributed by atoms with Crippen LogP contribution in [0.5, 0.6) is 0 Å². The first-order valence-corrected chi connectivity index (χ1v) is 6.95. The predicted octanol–water partition coefficient (Wildman–Crippen LogP) is 2.34. The molecule has 0 bridgehead atoms. The van der Waals surface area contributed by atoms with E-state index in [0.717, 1.165) is 10.0 Å². The first kappa shape index (κ1) is 15.7. The molecule has 1 aromatic rings. The van der Waals surface area contributed by atoms with Crippen LogP contribution in [0.2, 0.25) is 0 Å². The zero-order valence-corrected chi connectivity index (χ0v) is 13.0. The number of carbonyl (C=O) groups excluding carboxylic acids is 2. The van der Waals surface area contributed by atoms with Crippen molar-refractivity contribution in [2.45, 2.75) is 20.8 Å². The second-order valence-corrected chi connectivity index (χ2v) is 5.78. The summed E-state index contributed by atoms with van der Waals surface area (Å²) in [4.78, 5) is 25.1. The van der Waals surface area contributed by atoms with Crippen molar-refractivity contribution in [3.63, 3.8) is 0 Å². The van der Waals surface area contributed by atoms with Crippen molar-refractivity contribution in [3.8, 4) is 0 Å². The van der Waals surface area contributed by atoms with E-state index in [1.165, 1.54) is 4.90 Å². The molecule has 0 heterocycles. The SMILES string of the molecule is Cc1cccc(C(=O)N(CC(N)=O)CC(C)C)c1Br. The van der Waals surface area contributed by atoms with Gasteiger partial charge in [-0.2, -0.15) is 0 Å². The number of nitrogens with two attached hydrogens (primary N) is 1. The van der Waals surface area contributed by atoms with Gasteiger partial charge in [0.1, 0.15) is 0 Å². The molecule has 0 aromatic heterocycles. The average molecular weight is 327 g/mol. The van der Waals surface area contributed by atoms with E-state index >= 15 is 0 Å². The Bertz CT molecular complexity index is 486. The van der Waals surface area contributed by atoms with Gasteiger partial charge in [-0.15, -0.1) is 0 Å². The van der Waals surface area contributed by atoms with Gasteiger partial charge in [-0.3, -0.25) is 9.59 Å². The lowest BCUT2D eigenvalue weighted by Gasteiger charge is -2.24. The molecule has 1 aromatic carbocycles. The second kappa shape index (κ2) is 6.70. The number of aryl methyl sites for hydroxylation is 1. The first-order valence-electron chi connectivity index (χ1n) is 6.15. The maximum absolute atomic E-state index is 12.5. The summed E-state index contributed by atoms with van der Waals surface area (Å²) in [6.07, 6.45) is 0. The summed E-state index contributed by atoms with van der Waals surface area (Å²) < 4.78 is 0.762. The van der Waals surface area contributed by atoms with Crippen molar-refractivity contribution in [1.82, 2.24) is 4.90 Å². The van der Waals surface area contributed by atoms with E-state index in [0.29, 0.717) is 12.1 Å². The first-order chi connectivity index (χ1) is 8.82. The molecule has 19 heavy (non-hydrogen) atoms. The summed E-state index contributed by atoms with van der Waals surface area (Å²) in [5.74, 6) is -0.410. The Kier molecular flexibility index (Phi) is 5.54. The van der Waals surface area contributed by atoms with Crippen LogP contribution in [0, 0.1) is 12.8 Å². The number of hydrogen-bond acceptors (Lipinski definition) is 2. The smallest absolute Gasteiger partial charge is 0.255 e. The van der Waals surface area contributed by atoms with Gasteiger partial charge in [0.2, 0.25) is 5.91 Å². The molecule has 0 unspecified atom stereocenters. The van der Waals surface area contributed by atoms with Crippen LogP contribution in [0.3, 0.4) is 0 Å². The Hall–Kier alpha value is -1.36. The van der Waals surface area contributed by atoms with E-state index in [1.54, 1.807) is 6.07 Å². The highest BCUT2D eigenvalue weighted by Crippen LogP contribution is 2.22. The number of rotatable bonds is 5. The minimum atomic E-state index is -0.502. The quantitative estimate of drug-likeness (QED) is 0.902. The van der Waals surface area contributed by atoms with Gasteiger partial charge in [-0.1, -0.05) is 26.0 Å². The second-order valence-electron chi connectivity index (χ2n) is 4.98. The summed E-state index contributed by atoms with van der Waals surface area (Å²) in [5, 5.41) is 0. The highest BCUT2D eigenvalue weighted by atomic mass is 79.9. The van der Waals surface area contributed by atoms with Crippen LogP contribution in [0.1, 0.15) is 29.8 Å². The Balaban J connectivity index is 3.04. The van der Waals surface area contributed by atoms with Crippen LogP contribution in [-0.2, 0) is 4.79 Å². The normalized spacial score (nSPS) is 10.6. The van der Waals surface area contributed by atoms with Crippen molar-refractivity contribution in [1.29, 1.82) is 0 Å². The molecule has 0 saturated carbocycles. The number of primary amides is 1. The zero-order valence-electron chi connectivity index (χ0n) is 11.4. The molecule has 5 heteroatoms. The van der Waals surface area contributed by atoms with Gasteiger partial charge in [0, 0.05) is 11.0 Å². The molecule has 0 fully saturated rings. The van der Waals surface area contributed by atoms with Crippen molar-refractivity contribution in [3.05, 3.63) is 33.8 Å². The maximum Gasteiger partial charge on any atom is 0.255 e. The van der Waals surface area contributed by atoms with Crippen molar-refractivity contribution in [2.75, 3.05) is 13.1 Å². The largest absolute Gasteiger partial charge is 0.368 e. The predicted molar refractivity (Wildman–Crippen MR) is 78.8 cm³/mol. The highest BCUT2D eigenvalue weighted by molar-refractivity contribution is 9.10. The molecule has 1 rings (SSSR count). The van der Waals surface area contributed by atoms with E-state index in [4.69, 9.17) is 5.73 Å². The third-order valence-electron chi connectivity index (χ3n) is 2.64. The minimum absolute atomic E-state index is 0.0581. The monoisotopic (exact) mass is 326 g/mol. The van der Waals surface area contributed by atoms with Gasteiger partial charge in [-0.25, -0.2) is 0 Å². The Morgan fingerprint density at radius 1 is 1.37 bits per heavy atom. The van der Waals surface area contributed by atoms with Crippen LogP contribution >= 0.6 is 15.9 Å². The molecule has 2 amide bonds. The zero-order chi connectivity index (χ0) is 14.6. The average Bonchev–Trinajstić information content (AvgIpc) is 2.30. The number of carbonyl (C=O) groups is 2. The fourth-order valence-corrected chi connectivity index (χ4v) is 2.27. The third-order valence-corrected chi connectivity index (χ3v) is 3.69. The fourth-order valence-electron chi connectivity index (χ4n) is 1.83. The molecule has 0 radical (unpaired) electrons. The molecule has 2 N–H and O–H groups in total. The molecular formula is C14H19BrN2O2. The standard InChI is InChI=1S/C14H19BrN2O2/c1-9(2)7-17(8-12(16)18)14(19)11-6-4-5-10(3)13(11)15/h4-6,9H,7-8H2,1-3H3,(H2,16,18). The maximum atomic E-state index is 12.5. The molecule has 0 saturated heterocycles. The molecule has 104 valence electrons. The number of amides is 2. The van der Waals surface area contributed by atoms with Crippen molar-refractivity contribution in [2.24, 2.45) is 11.7 Å². The van der Waals surface area contributed by atoms with Crippen LogP contribution in [0.25, 0.3) is 0 Å². The summed E-state index contributed by atoms with van der Waals surface area (Å²) in [6, 6.07) is 5.49. The summed E-state index contributed by atoms with van der Waals surface area (Å²) in [7, 11) is 0. The lowest BCUT2D eigenvalue weighted by molar-refractivity contribution is -0.118. The molecule has 0 aliphatic carbocycles. The fraction of sp³-hybridized carbons (Fsp3) is 0.429. The van der Waals surface area contributed by atoms with Gasteiger partial charge in [0.15, 0.2) is 0 Å². The Morgan fingerprint density at radius 2 is 2.00 bits per heavy atom. The number of benzene rings is 1. The van der Waals surface area contributed by atoms with E-state index in [9.17, 15) is 9.59 Å². The number of halogens is 1. The number of hydrogen-bond donors (Lipinski definition) is 1. The molecule has 0 aliphatic rings. The van der Waals surface area contributed by atoms with Crippen LogP contribution in [0.15, 0.2) is 22.7 Å². The summed E-state index contributed by atoms with van der Waals surface area (Å²) in [5.41, 5.74) is 6.75. The van der Waals surface area contributed by atoms with Crippen LogP contribution in [0.4, 0.5) is 0 Å². The minimum Gasteiger partial charge on any atom is -0.368 e. The summed E-state index contributed by atoms with van der Waals surface area (Å²) >= 11 is 3.42. The van der Waals surface area contributed by atoms with Crippen LogP contribution in [-0.4, -0.2) is 29.8 Å². The van der Waals surface area contributed by atoms with Crippen molar-refractivity contribution >= 4 is 27.7 Å². The van der Waals surface area contributed by atoms with Gasteiger partial charge in [0.05, 0.1) is 12.1 Å². The van der Waals surface area contributed by atoms with Crippen LogP contribution < -0.4 is 5.73 Å². The Morgan fingerprint density at radius 3 is 2.53 bits per heavy atom. The van der Waals surface area contributed by atoms with E-state index in [-0.39, 0.29) is 18.4 Å². The van der Waals surface area contributed by atoms with E-state index in [1.807, 2.05) is 32.9 Å². The lowest BCUT2D eigenvalue weighted by Crippen LogP contribution is -2.40. The van der Waals surface area contributed by atoms with Crippen molar-refractivity contribution < 1.29 is 9.59 Å². The Labute approximate surface area is 122 Å². The van der Waals surface area contributed by atoms with E-state index < -0.39 is 5.91 Å².